The molecule has 0 amide bonds. The van der Waals surface area contributed by atoms with Crippen LogP contribution in [-0.2, 0) is 23.2 Å². The molecule has 1 atom stereocenters. The predicted octanol–water partition coefficient (Wildman–Crippen LogP) is 5.27. The molecule has 0 saturated carbocycles. The number of hydrogen-bond acceptors (Lipinski definition) is 6. The van der Waals surface area contributed by atoms with Crippen molar-refractivity contribution in [2.75, 3.05) is 48.0 Å². The van der Waals surface area contributed by atoms with Crippen molar-refractivity contribution in [3.63, 3.8) is 0 Å². The van der Waals surface area contributed by atoms with Gasteiger partial charge in [-0.1, -0.05) is 61.5 Å². The van der Waals surface area contributed by atoms with Crippen LogP contribution in [0.3, 0.4) is 0 Å². The molecule has 3 aliphatic rings. The van der Waals surface area contributed by atoms with Crippen LogP contribution in [-0.4, -0.2) is 47.9 Å². The highest BCUT2D eigenvalue weighted by atomic mass is 32.1. The largest absolute Gasteiger partial charge is 0.381 e. The van der Waals surface area contributed by atoms with Gasteiger partial charge in [-0.05, 0) is 60.5 Å². The van der Waals surface area contributed by atoms with Crippen LogP contribution in [0.4, 0.5) is 17.6 Å². The Labute approximate surface area is 237 Å². The molecule has 4 heterocycles. The van der Waals surface area contributed by atoms with Crippen molar-refractivity contribution >= 4 is 34.9 Å². The lowest BCUT2D eigenvalue weighted by atomic mass is 9.74. The van der Waals surface area contributed by atoms with E-state index in [0.717, 1.165) is 70.4 Å². The first kappa shape index (κ1) is 26.0. The zero-order valence-corrected chi connectivity index (χ0v) is 23.6. The summed E-state index contributed by atoms with van der Waals surface area (Å²) in [5.41, 5.74) is 4.04. The fraction of sp³-hybridized carbons (Fsp3) is 0.452. The minimum atomic E-state index is -0.00954. The van der Waals surface area contributed by atoms with Crippen molar-refractivity contribution in [3.8, 4) is 0 Å². The topological polar surface area (TPSA) is 65.5 Å². The van der Waals surface area contributed by atoms with Crippen LogP contribution in [0.25, 0.3) is 0 Å². The summed E-state index contributed by atoms with van der Waals surface area (Å²) < 4.78 is 5.71. The summed E-state index contributed by atoms with van der Waals surface area (Å²) >= 11 is 5.80. The number of rotatable bonds is 6. The van der Waals surface area contributed by atoms with Crippen molar-refractivity contribution in [1.29, 1.82) is 0 Å². The van der Waals surface area contributed by atoms with Crippen molar-refractivity contribution in [2.45, 2.75) is 51.1 Å². The van der Waals surface area contributed by atoms with Crippen molar-refractivity contribution in [1.82, 2.24) is 15.3 Å². The van der Waals surface area contributed by atoms with Gasteiger partial charge in [0, 0.05) is 57.4 Å². The molecule has 3 aliphatic heterocycles. The van der Waals surface area contributed by atoms with Gasteiger partial charge in [-0.3, -0.25) is 0 Å². The summed E-state index contributed by atoms with van der Waals surface area (Å²) in [7, 11) is 0. The average Bonchev–Trinajstić information content (AvgIpc) is 3.42. The fourth-order valence-corrected chi connectivity index (χ4v) is 6.37. The highest BCUT2D eigenvalue weighted by Crippen LogP contribution is 2.34. The Morgan fingerprint density at radius 2 is 1.64 bits per heavy atom. The second-order valence-electron chi connectivity index (χ2n) is 11.3. The normalized spacial score (nSPS) is 20.4. The van der Waals surface area contributed by atoms with Gasteiger partial charge in [0.25, 0.3) is 0 Å². The molecule has 39 heavy (non-hydrogen) atoms. The highest BCUT2D eigenvalue weighted by Gasteiger charge is 2.34. The number of piperidine rings is 1. The summed E-state index contributed by atoms with van der Waals surface area (Å²) in [6, 6.07) is 21.5. The molecule has 1 unspecified atom stereocenters. The fourth-order valence-electron chi connectivity index (χ4n) is 6.21. The molecule has 0 spiro atoms. The number of nitrogens with one attached hydrogen (secondary N) is 2. The van der Waals surface area contributed by atoms with E-state index in [1.807, 2.05) is 0 Å². The number of fused-ring (bicyclic) bond motifs is 1. The van der Waals surface area contributed by atoms with Gasteiger partial charge in [0.15, 0.2) is 5.11 Å². The molecule has 2 aromatic carbocycles. The smallest absolute Gasteiger partial charge is 0.232 e. The third-order valence-electron chi connectivity index (χ3n) is 8.49. The lowest BCUT2D eigenvalue weighted by molar-refractivity contribution is 0.0515. The van der Waals surface area contributed by atoms with Crippen molar-refractivity contribution < 1.29 is 4.74 Å². The predicted molar refractivity (Wildman–Crippen MR) is 161 cm³/mol. The molecule has 0 bridgehead atoms. The summed E-state index contributed by atoms with van der Waals surface area (Å²) in [4.78, 5) is 14.6. The molecule has 1 aromatic heterocycles. The van der Waals surface area contributed by atoms with E-state index < -0.39 is 0 Å². The van der Waals surface area contributed by atoms with Crippen LogP contribution >= 0.6 is 12.2 Å². The summed E-state index contributed by atoms with van der Waals surface area (Å²) in [6.07, 6.45) is 4.38. The monoisotopic (exact) mass is 542 g/mol. The Bertz CT molecular complexity index is 1270. The minimum absolute atomic E-state index is 0.00954. The van der Waals surface area contributed by atoms with Crippen molar-refractivity contribution in [2.24, 2.45) is 5.92 Å². The quantitative estimate of drug-likeness (QED) is 0.409. The molecule has 6 rings (SSSR count). The van der Waals surface area contributed by atoms with Crippen LogP contribution in [0.1, 0.15) is 49.3 Å². The lowest BCUT2D eigenvalue weighted by Crippen LogP contribution is -2.45. The van der Waals surface area contributed by atoms with E-state index in [2.05, 4.69) is 88.0 Å². The molecule has 0 aliphatic carbocycles. The van der Waals surface area contributed by atoms with E-state index in [4.69, 9.17) is 26.9 Å². The van der Waals surface area contributed by atoms with Crippen LogP contribution in [0, 0.1) is 5.92 Å². The van der Waals surface area contributed by atoms with Crippen LogP contribution in [0.2, 0.25) is 0 Å². The van der Waals surface area contributed by atoms with E-state index in [1.165, 1.54) is 29.5 Å². The maximum Gasteiger partial charge on any atom is 0.232 e. The Kier molecular flexibility index (Phi) is 7.66. The number of nitrogens with zero attached hydrogens (tertiary/aromatic N) is 4. The van der Waals surface area contributed by atoms with Crippen LogP contribution < -0.4 is 20.4 Å². The molecule has 2 N–H and O–H groups in total. The number of hydrogen-bond donors (Lipinski definition) is 2. The SMILES string of the molecule is CC1CCCN(c2cc(N3Cc4ccccc4C3)nc(NC(=S)NCC3(c4ccccc4)CCOCC3)n2)C1. The van der Waals surface area contributed by atoms with E-state index in [0.29, 0.717) is 17.0 Å². The number of ether oxygens (including phenoxy) is 1. The van der Waals surface area contributed by atoms with Gasteiger partial charge in [0.2, 0.25) is 5.95 Å². The van der Waals surface area contributed by atoms with Gasteiger partial charge in [0.1, 0.15) is 11.6 Å². The number of aromatic nitrogens is 2. The molecule has 2 saturated heterocycles. The van der Waals surface area contributed by atoms with Gasteiger partial charge in [-0.2, -0.15) is 9.97 Å². The first-order chi connectivity index (χ1) is 19.1. The third-order valence-corrected chi connectivity index (χ3v) is 8.74. The van der Waals surface area contributed by atoms with Crippen LogP contribution in [0.5, 0.6) is 0 Å². The molecule has 7 nitrogen and oxygen atoms in total. The Hall–Kier alpha value is -3.23. The van der Waals surface area contributed by atoms with Gasteiger partial charge in [-0.25, -0.2) is 0 Å². The standard InChI is InChI=1S/C31H38N6OS/c1-23-8-7-15-36(19-23)27-18-28(37-20-24-9-5-6-10-25(24)21-37)34-29(33-27)35-30(39)32-22-31(13-16-38-17-14-31)26-11-3-2-4-12-26/h2-6,9-12,18,23H,7-8,13-17,19-22H2,1H3,(H2,32,33,34,35,39). The third kappa shape index (κ3) is 5.87. The maximum absolute atomic E-state index is 5.80. The second-order valence-corrected chi connectivity index (χ2v) is 11.7. The van der Waals surface area contributed by atoms with E-state index in [9.17, 15) is 0 Å². The molecule has 8 heteroatoms. The Morgan fingerprint density at radius 1 is 0.974 bits per heavy atom. The summed E-state index contributed by atoms with van der Waals surface area (Å²) in [5.74, 6) is 3.11. The molecule has 2 fully saturated rings. The molecular formula is C31H38N6OS. The van der Waals surface area contributed by atoms with E-state index >= 15 is 0 Å². The molecule has 204 valence electrons. The molecule has 3 aromatic rings. The van der Waals surface area contributed by atoms with Crippen molar-refractivity contribution in [3.05, 3.63) is 77.4 Å². The van der Waals surface area contributed by atoms with E-state index in [-0.39, 0.29) is 5.41 Å². The maximum atomic E-state index is 5.80. The number of thiocarbonyl (C=S) groups is 1. The Balaban J connectivity index is 1.21. The van der Waals surface area contributed by atoms with Crippen LogP contribution in [0.15, 0.2) is 60.7 Å². The second kappa shape index (κ2) is 11.5. The highest BCUT2D eigenvalue weighted by molar-refractivity contribution is 7.80. The number of benzene rings is 2. The van der Waals surface area contributed by atoms with Gasteiger partial charge in [0.05, 0.1) is 0 Å². The summed E-state index contributed by atoms with van der Waals surface area (Å²) in [6.45, 7) is 8.33. The lowest BCUT2D eigenvalue weighted by Gasteiger charge is -2.38. The van der Waals surface area contributed by atoms with Gasteiger partial charge >= 0.3 is 0 Å². The average molecular weight is 543 g/mol. The van der Waals surface area contributed by atoms with E-state index in [1.54, 1.807) is 0 Å². The number of anilines is 3. The van der Waals surface area contributed by atoms with Gasteiger partial charge < -0.3 is 25.2 Å². The minimum Gasteiger partial charge on any atom is -0.381 e. The zero-order valence-electron chi connectivity index (χ0n) is 22.7. The van der Waals surface area contributed by atoms with Gasteiger partial charge in [-0.15, -0.1) is 0 Å². The first-order valence-corrected chi connectivity index (χ1v) is 14.6. The first-order valence-electron chi connectivity index (χ1n) is 14.2. The summed E-state index contributed by atoms with van der Waals surface area (Å²) in [5, 5.41) is 7.40. The molecule has 0 radical (unpaired) electrons. The zero-order chi connectivity index (χ0) is 26.7. The Morgan fingerprint density at radius 3 is 2.33 bits per heavy atom. The molecular weight excluding hydrogens is 504 g/mol.